The molecule has 0 radical (unpaired) electrons. The maximum absolute atomic E-state index is 11.6. The minimum atomic E-state index is -0.172. The van der Waals surface area contributed by atoms with Gasteiger partial charge in [-0.15, -0.1) is 0 Å². The molecule has 0 spiro atoms. The van der Waals surface area contributed by atoms with Crippen LogP contribution in [0.25, 0.3) is 11.6 Å². The highest BCUT2D eigenvalue weighted by atomic mass is 16.1. The number of pyridine rings is 1. The Labute approximate surface area is 163 Å². The Morgan fingerprint density at radius 1 is 1.33 bits per heavy atom. The van der Waals surface area contributed by atoms with Crippen molar-refractivity contribution in [2.75, 3.05) is 19.6 Å². The first-order valence-electron chi connectivity index (χ1n) is 10.0. The Hall–Kier alpha value is -2.04. The molecule has 4 heteroatoms. The van der Waals surface area contributed by atoms with Crippen molar-refractivity contribution < 1.29 is 4.79 Å². The normalized spacial score (nSPS) is 16.8. The molecule has 2 rings (SSSR count). The number of aromatic nitrogens is 1. The van der Waals surface area contributed by atoms with Crippen LogP contribution in [0, 0.1) is 5.92 Å². The summed E-state index contributed by atoms with van der Waals surface area (Å²) in [6.45, 7) is 12.0. The fraction of sp³-hybridized carbons (Fsp3) is 0.478. The topological polar surface area (TPSA) is 59.2 Å². The number of rotatable bonds is 10. The molecule has 146 valence electrons. The second-order valence-corrected chi connectivity index (χ2v) is 7.11. The van der Waals surface area contributed by atoms with Gasteiger partial charge in [-0.05, 0) is 82.5 Å². The van der Waals surface area contributed by atoms with E-state index in [1.807, 2.05) is 32.1 Å². The average Bonchev–Trinajstić information content (AvgIpc) is 3.18. The highest BCUT2D eigenvalue weighted by Crippen LogP contribution is 2.31. The van der Waals surface area contributed by atoms with Gasteiger partial charge in [0.15, 0.2) is 0 Å². The van der Waals surface area contributed by atoms with Crippen molar-refractivity contribution in [3.63, 3.8) is 0 Å². The van der Waals surface area contributed by atoms with Crippen LogP contribution in [0.2, 0.25) is 0 Å². The van der Waals surface area contributed by atoms with E-state index in [-0.39, 0.29) is 5.92 Å². The molecule has 1 atom stereocenters. The summed E-state index contributed by atoms with van der Waals surface area (Å²) >= 11 is 0. The third-order valence-electron chi connectivity index (χ3n) is 5.16. The number of allylic oxidation sites excluding steroid dienone is 4. The number of likely N-dealkylation sites (tertiary alicyclic amines) is 1. The van der Waals surface area contributed by atoms with Crippen molar-refractivity contribution in [2.45, 2.75) is 46.1 Å². The van der Waals surface area contributed by atoms with Crippen LogP contribution in [0.1, 0.15) is 56.5 Å². The first kappa shape index (κ1) is 21.3. The number of carbonyl (C=O) groups excluding carboxylic acids is 1. The van der Waals surface area contributed by atoms with E-state index in [1.165, 1.54) is 12.8 Å². The highest BCUT2D eigenvalue weighted by molar-refractivity contribution is 5.85. The molecule has 1 fully saturated rings. The molecule has 0 aliphatic carbocycles. The average molecular weight is 368 g/mol. The molecule has 1 unspecified atom stereocenters. The molecule has 1 aromatic heterocycles. The van der Waals surface area contributed by atoms with Gasteiger partial charge >= 0.3 is 0 Å². The fourth-order valence-electron chi connectivity index (χ4n) is 3.72. The van der Waals surface area contributed by atoms with Gasteiger partial charge in [-0.25, -0.2) is 0 Å². The molecule has 1 aliphatic rings. The molecule has 0 amide bonds. The summed E-state index contributed by atoms with van der Waals surface area (Å²) in [5.74, 6) is -0.172. The van der Waals surface area contributed by atoms with Gasteiger partial charge in [0.2, 0.25) is 0 Å². The van der Waals surface area contributed by atoms with Crippen molar-refractivity contribution in [3.8, 4) is 0 Å². The van der Waals surface area contributed by atoms with Gasteiger partial charge in [-0.2, -0.15) is 0 Å². The summed E-state index contributed by atoms with van der Waals surface area (Å²) in [6, 6.07) is 4.19. The van der Waals surface area contributed by atoms with Gasteiger partial charge in [0, 0.05) is 18.0 Å². The number of aldehydes is 1. The first-order chi connectivity index (χ1) is 13.1. The van der Waals surface area contributed by atoms with E-state index >= 15 is 0 Å². The van der Waals surface area contributed by atoms with Crippen molar-refractivity contribution in [2.24, 2.45) is 11.7 Å². The van der Waals surface area contributed by atoms with Gasteiger partial charge in [0.1, 0.15) is 6.29 Å². The quantitative estimate of drug-likeness (QED) is 0.497. The minimum Gasteiger partial charge on any atom is -0.330 e. The van der Waals surface area contributed by atoms with Crippen LogP contribution in [0.15, 0.2) is 36.4 Å². The van der Waals surface area contributed by atoms with Crippen LogP contribution in [-0.4, -0.2) is 35.8 Å². The summed E-state index contributed by atoms with van der Waals surface area (Å²) in [5, 5.41) is 0. The molecule has 0 aromatic carbocycles. The van der Waals surface area contributed by atoms with Crippen molar-refractivity contribution in [1.82, 2.24) is 9.88 Å². The Morgan fingerprint density at radius 3 is 2.67 bits per heavy atom. The summed E-state index contributed by atoms with van der Waals surface area (Å²) in [7, 11) is 0. The van der Waals surface area contributed by atoms with Gasteiger partial charge in [-0.3, -0.25) is 9.88 Å². The second kappa shape index (κ2) is 11.0. The Balaban J connectivity index is 2.28. The zero-order valence-corrected chi connectivity index (χ0v) is 16.8. The zero-order chi connectivity index (χ0) is 19.6. The molecular formula is C23H33N3O. The lowest BCUT2D eigenvalue weighted by molar-refractivity contribution is -0.110. The van der Waals surface area contributed by atoms with E-state index in [9.17, 15) is 4.79 Å². The predicted octanol–water partition coefficient (Wildman–Crippen LogP) is 4.22. The Bertz CT molecular complexity index is 700. The minimum absolute atomic E-state index is 0.172. The van der Waals surface area contributed by atoms with E-state index in [2.05, 4.69) is 23.6 Å². The zero-order valence-electron chi connectivity index (χ0n) is 16.8. The molecule has 1 saturated heterocycles. The molecule has 2 N–H and O–H groups in total. The molecule has 2 heterocycles. The van der Waals surface area contributed by atoms with E-state index in [0.29, 0.717) is 6.54 Å². The number of nitrogens with zero attached hydrogens (tertiary/aromatic N) is 2. The second-order valence-electron chi connectivity index (χ2n) is 7.11. The largest absolute Gasteiger partial charge is 0.330 e. The molecule has 27 heavy (non-hydrogen) atoms. The fourth-order valence-corrected chi connectivity index (χ4v) is 3.72. The van der Waals surface area contributed by atoms with Crippen LogP contribution in [0.5, 0.6) is 0 Å². The van der Waals surface area contributed by atoms with Crippen molar-refractivity contribution in [3.05, 3.63) is 53.4 Å². The molecule has 1 aliphatic heterocycles. The lowest BCUT2D eigenvalue weighted by Crippen LogP contribution is -2.19. The van der Waals surface area contributed by atoms with Gasteiger partial charge in [-0.1, -0.05) is 24.8 Å². The first-order valence-corrected chi connectivity index (χ1v) is 10.0. The van der Waals surface area contributed by atoms with E-state index in [1.54, 1.807) is 0 Å². The SMILES string of the molecule is C=C(/C(=C\C)C(C=O)CCCN)c1ccc(CN2CCCC2)nc1/C=C\C. The maximum Gasteiger partial charge on any atom is 0.127 e. The van der Waals surface area contributed by atoms with Gasteiger partial charge in [0.25, 0.3) is 0 Å². The molecule has 4 nitrogen and oxygen atoms in total. The van der Waals surface area contributed by atoms with Crippen LogP contribution in [0.4, 0.5) is 0 Å². The lowest BCUT2D eigenvalue weighted by atomic mass is 9.86. The molecule has 0 bridgehead atoms. The van der Waals surface area contributed by atoms with Crippen LogP contribution in [-0.2, 0) is 11.3 Å². The smallest absolute Gasteiger partial charge is 0.127 e. The van der Waals surface area contributed by atoms with Crippen molar-refractivity contribution >= 4 is 17.9 Å². The van der Waals surface area contributed by atoms with E-state index in [4.69, 9.17) is 10.7 Å². The lowest BCUT2D eigenvalue weighted by Gasteiger charge is -2.20. The maximum atomic E-state index is 11.6. The number of hydrogen-bond acceptors (Lipinski definition) is 4. The van der Waals surface area contributed by atoms with Crippen LogP contribution >= 0.6 is 0 Å². The summed E-state index contributed by atoms with van der Waals surface area (Å²) in [5.41, 5.74) is 10.5. The molecular weight excluding hydrogens is 334 g/mol. The summed E-state index contributed by atoms with van der Waals surface area (Å²) < 4.78 is 0. The standard InChI is InChI=1S/C23H33N3O/c1-4-9-23-22(12-11-20(25-23)16-26-14-6-7-15-26)18(3)21(5-2)19(17-27)10-8-13-24/h4-5,9,11-12,17,19H,3,6-8,10,13-16,24H2,1-2H3/b9-4-,21-5+. The van der Waals surface area contributed by atoms with Crippen LogP contribution in [0.3, 0.4) is 0 Å². The van der Waals surface area contributed by atoms with E-state index in [0.717, 1.165) is 66.9 Å². The monoisotopic (exact) mass is 367 g/mol. The van der Waals surface area contributed by atoms with Crippen LogP contribution < -0.4 is 5.73 Å². The van der Waals surface area contributed by atoms with Gasteiger partial charge in [0.05, 0.1) is 11.4 Å². The molecule has 1 aromatic rings. The molecule has 0 saturated carbocycles. The summed E-state index contributed by atoms with van der Waals surface area (Å²) in [4.78, 5) is 19.0. The van der Waals surface area contributed by atoms with Crippen molar-refractivity contribution in [1.29, 1.82) is 0 Å². The Morgan fingerprint density at radius 2 is 2.07 bits per heavy atom. The predicted molar refractivity (Wildman–Crippen MR) is 114 cm³/mol. The number of nitrogens with two attached hydrogens (primary N) is 1. The Kier molecular flexibility index (Phi) is 8.62. The highest BCUT2D eigenvalue weighted by Gasteiger charge is 2.19. The van der Waals surface area contributed by atoms with Gasteiger partial charge < -0.3 is 10.5 Å². The third kappa shape index (κ3) is 5.72. The van der Waals surface area contributed by atoms with E-state index < -0.39 is 0 Å². The third-order valence-corrected chi connectivity index (χ3v) is 5.16. The summed E-state index contributed by atoms with van der Waals surface area (Å²) in [6.07, 6.45) is 11.2. The number of hydrogen-bond donors (Lipinski definition) is 1. The number of carbonyl (C=O) groups is 1.